The summed E-state index contributed by atoms with van der Waals surface area (Å²) in [7, 11) is 0. The van der Waals surface area contributed by atoms with Gasteiger partial charge in [0.1, 0.15) is 0 Å². The topological polar surface area (TPSA) is 70.7 Å². The van der Waals surface area contributed by atoms with Gasteiger partial charge in [-0.15, -0.1) is 0 Å². The Morgan fingerprint density at radius 3 is 2.72 bits per heavy atom. The van der Waals surface area contributed by atoms with E-state index >= 15 is 0 Å². The summed E-state index contributed by atoms with van der Waals surface area (Å²) < 4.78 is 27.1. The van der Waals surface area contributed by atoms with Crippen molar-refractivity contribution in [3.8, 4) is 0 Å². The Labute approximate surface area is 101 Å². The predicted molar refractivity (Wildman–Crippen MR) is 60.8 cm³/mol. The van der Waals surface area contributed by atoms with Crippen molar-refractivity contribution in [1.82, 2.24) is 15.2 Å². The number of carbonyl (C=O) groups is 1. The van der Waals surface area contributed by atoms with Crippen molar-refractivity contribution in [2.45, 2.75) is 13.8 Å². The largest absolute Gasteiger partial charge is 0.321 e. The van der Waals surface area contributed by atoms with Gasteiger partial charge >= 0.3 is 0 Å². The van der Waals surface area contributed by atoms with Gasteiger partial charge in [-0.3, -0.25) is 9.89 Å². The predicted octanol–water partition coefficient (Wildman–Crippen LogP) is 2.34. The number of rotatable bonds is 3. The highest BCUT2D eigenvalue weighted by molar-refractivity contribution is 5.95. The summed E-state index contributed by atoms with van der Waals surface area (Å²) in [5, 5.41) is 9.05. The van der Waals surface area contributed by atoms with Gasteiger partial charge in [-0.25, -0.2) is 13.8 Å². The quantitative estimate of drug-likeness (QED) is 0.822. The highest BCUT2D eigenvalue weighted by Gasteiger charge is 2.19. The van der Waals surface area contributed by atoms with Gasteiger partial charge in [0.05, 0.1) is 11.8 Å². The fraction of sp³-hybridized carbons (Fsp3) is 0.182. The Bertz CT molecular complexity index is 609. The third kappa shape index (κ3) is 2.20. The molecule has 2 N–H and O–H groups in total. The summed E-state index contributed by atoms with van der Waals surface area (Å²) in [6.07, 6.45) is 0.793. The average Bonchev–Trinajstić information content (AvgIpc) is 2.68. The minimum absolute atomic E-state index is 0.242. The minimum Gasteiger partial charge on any atom is -0.321 e. The Hall–Kier alpha value is -2.31. The van der Waals surface area contributed by atoms with E-state index in [1.54, 1.807) is 13.0 Å². The molecule has 0 unspecified atom stereocenters. The summed E-state index contributed by atoms with van der Waals surface area (Å²) in [5.74, 6) is -2.62. The number of nitrogens with one attached hydrogen (secondary N) is 2. The van der Waals surface area contributed by atoms with Crippen LogP contribution in [0, 0.1) is 18.6 Å². The molecule has 7 heteroatoms. The second kappa shape index (κ2) is 4.52. The summed E-state index contributed by atoms with van der Waals surface area (Å²) in [6, 6.07) is 1.62. The maximum absolute atomic E-state index is 13.9. The van der Waals surface area contributed by atoms with Crippen LogP contribution in [-0.4, -0.2) is 21.0 Å². The maximum Gasteiger partial charge on any atom is 0.179 e. The van der Waals surface area contributed by atoms with Crippen LogP contribution in [0.1, 0.15) is 23.0 Å². The number of halogens is 2. The number of Topliss-reactive ketones (excluding diaryl/α,β-unsaturated/α-hetero) is 1. The van der Waals surface area contributed by atoms with Crippen LogP contribution >= 0.6 is 0 Å². The second-order valence-electron chi connectivity index (χ2n) is 3.76. The molecule has 2 heterocycles. The van der Waals surface area contributed by atoms with Gasteiger partial charge in [-0.05, 0) is 13.8 Å². The standard InChI is InChI=1S/C11H10F2N4O/c1-5-3-8(17-16-5)15-11-10(13)9(6(2)18)7(12)4-14-11/h3-4H,1-2H3,(H2,14,15,16,17). The van der Waals surface area contributed by atoms with Gasteiger partial charge in [0, 0.05) is 11.8 Å². The molecule has 2 aromatic heterocycles. The molecule has 0 spiro atoms. The first-order valence-electron chi connectivity index (χ1n) is 5.13. The summed E-state index contributed by atoms with van der Waals surface area (Å²) >= 11 is 0. The van der Waals surface area contributed by atoms with E-state index in [0.29, 0.717) is 5.82 Å². The number of carbonyl (C=O) groups excluding carboxylic acids is 1. The van der Waals surface area contributed by atoms with E-state index < -0.39 is 23.0 Å². The van der Waals surface area contributed by atoms with Crippen LogP contribution < -0.4 is 5.32 Å². The van der Waals surface area contributed by atoms with Crippen molar-refractivity contribution in [2.75, 3.05) is 5.32 Å². The zero-order chi connectivity index (χ0) is 13.3. The van der Waals surface area contributed by atoms with E-state index in [1.807, 2.05) is 0 Å². The number of nitrogens with zero attached hydrogens (tertiary/aromatic N) is 2. The maximum atomic E-state index is 13.9. The molecular weight excluding hydrogens is 242 g/mol. The highest BCUT2D eigenvalue weighted by Crippen LogP contribution is 2.21. The van der Waals surface area contributed by atoms with Crippen LogP contribution in [0.2, 0.25) is 0 Å². The van der Waals surface area contributed by atoms with Gasteiger partial charge in [0.2, 0.25) is 0 Å². The molecule has 0 fully saturated rings. The fourth-order valence-electron chi connectivity index (χ4n) is 1.48. The van der Waals surface area contributed by atoms with E-state index in [4.69, 9.17) is 0 Å². The minimum atomic E-state index is -1.02. The monoisotopic (exact) mass is 252 g/mol. The van der Waals surface area contributed by atoms with Crippen molar-refractivity contribution in [3.05, 3.63) is 35.2 Å². The van der Waals surface area contributed by atoms with Crippen LogP contribution in [0.3, 0.4) is 0 Å². The van der Waals surface area contributed by atoms with Crippen LogP contribution in [0.5, 0.6) is 0 Å². The first-order chi connectivity index (χ1) is 8.49. The molecular formula is C11H10F2N4O. The zero-order valence-corrected chi connectivity index (χ0v) is 9.71. The van der Waals surface area contributed by atoms with Crippen LogP contribution in [-0.2, 0) is 0 Å². The Morgan fingerprint density at radius 1 is 1.44 bits per heavy atom. The smallest absolute Gasteiger partial charge is 0.179 e. The molecule has 5 nitrogen and oxygen atoms in total. The number of aromatic nitrogens is 3. The molecule has 0 atom stereocenters. The number of aromatic amines is 1. The van der Waals surface area contributed by atoms with Crippen LogP contribution in [0.4, 0.5) is 20.4 Å². The molecule has 0 aromatic carbocycles. The molecule has 94 valence electrons. The summed E-state index contributed by atoms with van der Waals surface area (Å²) in [4.78, 5) is 14.7. The van der Waals surface area contributed by atoms with Crippen molar-refractivity contribution < 1.29 is 13.6 Å². The first-order valence-corrected chi connectivity index (χ1v) is 5.13. The van der Waals surface area contributed by atoms with Crippen molar-refractivity contribution >= 4 is 17.4 Å². The zero-order valence-electron chi connectivity index (χ0n) is 9.71. The number of anilines is 2. The number of pyridine rings is 1. The molecule has 0 amide bonds. The number of ketones is 1. The number of aryl methyl sites for hydroxylation is 1. The lowest BCUT2D eigenvalue weighted by Crippen LogP contribution is -2.07. The average molecular weight is 252 g/mol. The molecule has 18 heavy (non-hydrogen) atoms. The first kappa shape index (κ1) is 12.2. The van der Waals surface area contributed by atoms with Gasteiger partial charge in [-0.1, -0.05) is 0 Å². The van der Waals surface area contributed by atoms with E-state index in [-0.39, 0.29) is 5.82 Å². The molecule has 0 bridgehead atoms. The van der Waals surface area contributed by atoms with Crippen molar-refractivity contribution in [1.29, 1.82) is 0 Å². The third-order valence-corrected chi connectivity index (χ3v) is 2.28. The molecule has 0 saturated heterocycles. The van der Waals surface area contributed by atoms with E-state index in [9.17, 15) is 13.6 Å². The SMILES string of the molecule is CC(=O)c1c(F)cnc(Nc2cc(C)[nH]n2)c1F. The number of hydrogen-bond donors (Lipinski definition) is 2. The highest BCUT2D eigenvalue weighted by atomic mass is 19.1. The van der Waals surface area contributed by atoms with Crippen molar-refractivity contribution in [2.24, 2.45) is 0 Å². The lowest BCUT2D eigenvalue weighted by molar-refractivity contribution is 0.100. The summed E-state index contributed by atoms with van der Waals surface area (Å²) in [6.45, 7) is 2.86. The van der Waals surface area contributed by atoms with Crippen LogP contribution in [0.25, 0.3) is 0 Å². The molecule has 2 aromatic rings. The van der Waals surface area contributed by atoms with Crippen LogP contribution in [0.15, 0.2) is 12.3 Å². The number of hydrogen-bond acceptors (Lipinski definition) is 4. The Balaban J connectivity index is 2.40. The lowest BCUT2D eigenvalue weighted by atomic mass is 10.1. The van der Waals surface area contributed by atoms with Gasteiger partial charge < -0.3 is 5.32 Å². The molecule has 2 rings (SSSR count). The third-order valence-electron chi connectivity index (χ3n) is 2.28. The molecule has 0 saturated carbocycles. The molecule has 0 aliphatic carbocycles. The van der Waals surface area contributed by atoms with Gasteiger partial charge in [0.15, 0.2) is 29.1 Å². The van der Waals surface area contributed by atoms with Gasteiger partial charge in [0.25, 0.3) is 0 Å². The normalized spacial score (nSPS) is 10.4. The fourth-order valence-corrected chi connectivity index (χ4v) is 1.48. The molecule has 0 aliphatic heterocycles. The molecule has 0 radical (unpaired) electrons. The van der Waals surface area contributed by atoms with E-state index in [1.165, 1.54) is 0 Å². The lowest BCUT2D eigenvalue weighted by Gasteiger charge is -2.06. The second-order valence-corrected chi connectivity index (χ2v) is 3.76. The van der Waals surface area contributed by atoms with E-state index in [2.05, 4.69) is 20.5 Å². The number of H-pyrrole nitrogens is 1. The molecule has 0 aliphatic rings. The summed E-state index contributed by atoms with van der Waals surface area (Å²) in [5.41, 5.74) is 0.159. The van der Waals surface area contributed by atoms with Gasteiger partial charge in [-0.2, -0.15) is 5.10 Å². The Morgan fingerprint density at radius 2 is 2.17 bits per heavy atom. The van der Waals surface area contributed by atoms with E-state index in [0.717, 1.165) is 18.8 Å². The van der Waals surface area contributed by atoms with Crippen molar-refractivity contribution in [3.63, 3.8) is 0 Å². The Kier molecular flexibility index (Phi) is 3.05.